The van der Waals surface area contributed by atoms with Gasteiger partial charge in [0.25, 0.3) is 5.91 Å². The first kappa shape index (κ1) is 24.8. The third-order valence-electron chi connectivity index (χ3n) is 4.57. The monoisotopic (exact) mass is 576 g/mol. The molecule has 2 N–H and O–H groups in total. The SMILES string of the molecule is C=CCn1c(CNc2ccc(I)cc2)nnc1S[C@H](C)C(=O)NN=Cc1ccccc1OC. The van der Waals surface area contributed by atoms with E-state index in [9.17, 15) is 4.79 Å². The number of benzene rings is 2. The Morgan fingerprint density at radius 2 is 2.03 bits per heavy atom. The van der Waals surface area contributed by atoms with E-state index in [1.165, 1.54) is 15.3 Å². The van der Waals surface area contributed by atoms with Gasteiger partial charge < -0.3 is 14.6 Å². The summed E-state index contributed by atoms with van der Waals surface area (Å²) in [6.07, 6.45) is 3.34. The number of nitrogens with zero attached hydrogens (tertiary/aromatic N) is 4. The van der Waals surface area contributed by atoms with E-state index in [2.05, 4.69) is 55.2 Å². The lowest BCUT2D eigenvalue weighted by Crippen LogP contribution is -2.27. The number of ether oxygens (including phenoxy) is 1. The van der Waals surface area contributed by atoms with Gasteiger partial charge >= 0.3 is 0 Å². The number of halogens is 1. The van der Waals surface area contributed by atoms with Crippen LogP contribution in [0.5, 0.6) is 5.75 Å². The molecule has 0 spiro atoms. The molecular formula is C23H25IN6O2S. The Balaban J connectivity index is 1.61. The lowest BCUT2D eigenvalue weighted by atomic mass is 10.2. The van der Waals surface area contributed by atoms with Gasteiger partial charge in [0, 0.05) is 21.4 Å². The van der Waals surface area contributed by atoms with Crippen molar-refractivity contribution in [3.8, 4) is 5.75 Å². The Bertz CT molecular complexity index is 1120. The molecule has 0 bridgehead atoms. The summed E-state index contributed by atoms with van der Waals surface area (Å²) in [5.41, 5.74) is 4.35. The first-order valence-electron chi connectivity index (χ1n) is 10.2. The van der Waals surface area contributed by atoms with Crippen molar-refractivity contribution in [1.29, 1.82) is 0 Å². The number of amides is 1. The highest BCUT2D eigenvalue weighted by Gasteiger charge is 2.19. The van der Waals surface area contributed by atoms with E-state index in [0.29, 0.717) is 24.0 Å². The molecule has 0 saturated heterocycles. The summed E-state index contributed by atoms with van der Waals surface area (Å²) in [4.78, 5) is 12.5. The zero-order chi connectivity index (χ0) is 23.6. The smallest absolute Gasteiger partial charge is 0.253 e. The molecule has 1 heterocycles. The van der Waals surface area contributed by atoms with Crippen LogP contribution in [0, 0.1) is 3.57 Å². The molecule has 0 aliphatic heterocycles. The Hall–Kier alpha value is -2.86. The van der Waals surface area contributed by atoms with Gasteiger partial charge in [-0.25, -0.2) is 5.43 Å². The molecule has 0 aliphatic carbocycles. The van der Waals surface area contributed by atoms with Gasteiger partial charge in [-0.05, 0) is 65.9 Å². The predicted molar refractivity (Wildman–Crippen MR) is 141 cm³/mol. The highest BCUT2D eigenvalue weighted by molar-refractivity contribution is 14.1. The maximum absolute atomic E-state index is 12.5. The van der Waals surface area contributed by atoms with Gasteiger partial charge in [0.05, 0.1) is 25.1 Å². The fourth-order valence-electron chi connectivity index (χ4n) is 2.84. The molecule has 0 fully saturated rings. The largest absolute Gasteiger partial charge is 0.496 e. The van der Waals surface area contributed by atoms with Crippen LogP contribution in [0.2, 0.25) is 0 Å². The Kier molecular flexibility index (Phi) is 9.31. The van der Waals surface area contributed by atoms with Crippen LogP contribution in [0.1, 0.15) is 18.3 Å². The maximum atomic E-state index is 12.5. The number of aromatic nitrogens is 3. The first-order valence-corrected chi connectivity index (χ1v) is 12.1. The third-order valence-corrected chi connectivity index (χ3v) is 6.37. The summed E-state index contributed by atoms with van der Waals surface area (Å²) in [5.74, 6) is 1.21. The highest BCUT2D eigenvalue weighted by atomic mass is 127. The Morgan fingerprint density at radius 1 is 1.27 bits per heavy atom. The molecule has 10 heteroatoms. The zero-order valence-electron chi connectivity index (χ0n) is 18.4. The molecule has 33 heavy (non-hydrogen) atoms. The molecule has 0 saturated carbocycles. The third kappa shape index (κ3) is 7.06. The van der Waals surface area contributed by atoms with Crippen molar-refractivity contribution in [3.05, 3.63) is 76.1 Å². The van der Waals surface area contributed by atoms with Gasteiger partial charge in [0.1, 0.15) is 5.75 Å². The molecule has 1 amide bonds. The summed E-state index contributed by atoms with van der Waals surface area (Å²) in [6.45, 7) is 6.68. The number of methoxy groups -OCH3 is 1. The van der Waals surface area contributed by atoms with Gasteiger partial charge in [0.2, 0.25) is 0 Å². The molecule has 0 unspecified atom stereocenters. The minimum Gasteiger partial charge on any atom is -0.496 e. The van der Waals surface area contributed by atoms with Crippen LogP contribution in [0.15, 0.2) is 71.4 Å². The molecule has 8 nitrogen and oxygen atoms in total. The van der Waals surface area contributed by atoms with Crippen LogP contribution < -0.4 is 15.5 Å². The second-order valence-electron chi connectivity index (χ2n) is 6.89. The molecule has 0 aliphatic rings. The van der Waals surface area contributed by atoms with Gasteiger partial charge in [-0.2, -0.15) is 5.10 Å². The van der Waals surface area contributed by atoms with Gasteiger partial charge in [0.15, 0.2) is 11.0 Å². The summed E-state index contributed by atoms with van der Waals surface area (Å²) >= 11 is 3.59. The molecule has 3 aromatic rings. The molecule has 1 atom stereocenters. The number of hydrogen-bond donors (Lipinski definition) is 2. The van der Waals surface area contributed by atoms with Crippen LogP contribution in [0.3, 0.4) is 0 Å². The number of hydrazone groups is 1. The first-order chi connectivity index (χ1) is 16.0. The van der Waals surface area contributed by atoms with E-state index in [1.807, 2.05) is 53.1 Å². The number of para-hydroxylation sites is 1. The minimum absolute atomic E-state index is 0.238. The minimum atomic E-state index is -0.426. The van der Waals surface area contributed by atoms with Crippen molar-refractivity contribution in [1.82, 2.24) is 20.2 Å². The van der Waals surface area contributed by atoms with E-state index in [1.54, 1.807) is 26.3 Å². The molecule has 172 valence electrons. The summed E-state index contributed by atoms with van der Waals surface area (Å²) in [5, 5.41) is 16.2. The van der Waals surface area contributed by atoms with Gasteiger partial charge in [-0.3, -0.25) is 4.79 Å². The second kappa shape index (κ2) is 12.4. The molecule has 1 aromatic heterocycles. The van der Waals surface area contributed by atoms with E-state index < -0.39 is 5.25 Å². The number of nitrogens with one attached hydrogen (secondary N) is 2. The maximum Gasteiger partial charge on any atom is 0.253 e. The number of allylic oxidation sites excluding steroid dienone is 1. The number of rotatable bonds is 11. The van der Waals surface area contributed by atoms with Crippen molar-refractivity contribution in [2.24, 2.45) is 5.10 Å². The molecular weight excluding hydrogens is 551 g/mol. The fraction of sp³-hybridized carbons (Fsp3) is 0.217. The van der Waals surface area contributed by atoms with Crippen molar-refractivity contribution in [3.63, 3.8) is 0 Å². The Morgan fingerprint density at radius 3 is 2.76 bits per heavy atom. The lowest BCUT2D eigenvalue weighted by molar-refractivity contribution is -0.120. The molecule has 2 aromatic carbocycles. The number of carbonyl (C=O) groups is 1. The van der Waals surface area contributed by atoms with Gasteiger partial charge in [-0.15, -0.1) is 16.8 Å². The predicted octanol–water partition coefficient (Wildman–Crippen LogP) is 4.32. The Labute approximate surface area is 211 Å². The van der Waals surface area contributed by atoms with E-state index in [4.69, 9.17) is 4.74 Å². The van der Waals surface area contributed by atoms with Crippen molar-refractivity contribution >= 4 is 52.2 Å². The zero-order valence-corrected chi connectivity index (χ0v) is 21.3. The van der Waals surface area contributed by atoms with E-state index in [-0.39, 0.29) is 5.91 Å². The van der Waals surface area contributed by atoms with E-state index >= 15 is 0 Å². The van der Waals surface area contributed by atoms with Crippen LogP contribution in [-0.4, -0.2) is 39.2 Å². The highest BCUT2D eigenvalue weighted by Crippen LogP contribution is 2.23. The lowest BCUT2D eigenvalue weighted by Gasteiger charge is -2.12. The van der Waals surface area contributed by atoms with Crippen molar-refractivity contribution < 1.29 is 9.53 Å². The number of anilines is 1. The average Bonchev–Trinajstić information content (AvgIpc) is 3.20. The van der Waals surface area contributed by atoms with Crippen LogP contribution in [-0.2, 0) is 17.9 Å². The normalized spacial score (nSPS) is 11.8. The fourth-order valence-corrected chi connectivity index (χ4v) is 4.07. The van der Waals surface area contributed by atoms with Crippen molar-refractivity contribution in [2.45, 2.75) is 30.4 Å². The van der Waals surface area contributed by atoms with E-state index in [0.717, 1.165) is 17.1 Å². The summed E-state index contributed by atoms with van der Waals surface area (Å²) < 4.78 is 8.40. The average molecular weight is 576 g/mol. The summed E-state index contributed by atoms with van der Waals surface area (Å²) in [7, 11) is 1.59. The van der Waals surface area contributed by atoms with Crippen LogP contribution >= 0.6 is 34.4 Å². The number of carbonyl (C=O) groups excluding carboxylic acids is 1. The number of hydrogen-bond acceptors (Lipinski definition) is 7. The van der Waals surface area contributed by atoms with Crippen LogP contribution in [0.25, 0.3) is 0 Å². The number of thioether (sulfide) groups is 1. The summed E-state index contributed by atoms with van der Waals surface area (Å²) in [6, 6.07) is 15.5. The molecule has 0 radical (unpaired) electrons. The molecule has 3 rings (SSSR count). The quantitative estimate of drug-likeness (QED) is 0.116. The van der Waals surface area contributed by atoms with Crippen LogP contribution in [0.4, 0.5) is 5.69 Å². The van der Waals surface area contributed by atoms with Crippen molar-refractivity contribution in [2.75, 3.05) is 12.4 Å². The second-order valence-corrected chi connectivity index (χ2v) is 9.45. The topological polar surface area (TPSA) is 93.4 Å². The van der Waals surface area contributed by atoms with Gasteiger partial charge in [-0.1, -0.05) is 30.0 Å². The standard InChI is InChI=1S/C23H25IN6O2S/c1-4-13-30-21(15-25-19-11-9-18(24)10-12-19)27-29-23(30)33-16(2)22(31)28-26-14-17-7-5-6-8-20(17)32-3/h4-12,14,16,25H,1,13,15H2,2-3H3,(H,28,31)/t16-/m1/s1.